The summed E-state index contributed by atoms with van der Waals surface area (Å²) in [6, 6.07) is 15.8. The fraction of sp³-hybridized carbons (Fsp3) is 0.292. The molecule has 1 fully saturated rings. The number of carbonyl (C=O) groups excluding carboxylic acids is 1. The third kappa shape index (κ3) is 5.10. The first kappa shape index (κ1) is 19.0. The van der Waals surface area contributed by atoms with E-state index in [0.717, 1.165) is 53.0 Å². The third-order valence-electron chi connectivity index (χ3n) is 4.54. The number of allylic oxidation sites excluding steroid dienone is 2. The molecule has 0 aromatic heterocycles. The van der Waals surface area contributed by atoms with E-state index in [-0.39, 0.29) is 5.78 Å². The summed E-state index contributed by atoms with van der Waals surface area (Å²) in [5, 5.41) is 0. The predicted octanol–water partition coefficient (Wildman–Crippen LogP) is 5.70. The lowest BCUT2D eigenvalue weighted by Gasteiger charge is -2.16. The van der Waals surface area contributed by atoms with Gasteiger partial charge < -0.3 is 9.47 Å². The second-order valence-electron chi connectivity index (χ2n) is 6.53. The molecule has 0 atom stereocenters. The zero-order valence-electron chi connectivity index (χ0n) is 16.0. The lowest BCUT2D eigenvalue weighted by molar-refractivity contribution is -0.112. The van der Waals surface area contributed by atoms with Gasteiger partial charge in [-0.1, -0.05) is 24.3 Å². The summed E-state index contributed by atoms with van der Waals surface area (Å²) in [7, 11) is 0. The zero-order valence-corrected chi connectivity index (χ0v) is 16.0. The van der Waals surface area contributed by atoms with E-state index in [4.69, 9.17) is 9.47 Å². The van der Waals surface area contributed by atoms with Crippen molar-refractivity contribution in [2.45, 2.75) is 33.1 Å². The minimum absolute atomic E-state index is 0.156. The second-order valence-corrected chi connectivity index (χ2v) is 6.53. The summed E-state index contributed by atoms with van der Waals surface area (Å²) < 4.78 is 10.9. The third-order valence-corrected chi connectivity index (χ3v) is 4.54. The van der Waals surface area contributed by atoms with Gasteiger partial charge in [0, 0.05) is 11.1 Å². The van der Waals surface area contributed by atoms with Gasteiger partial charge in [0.2, 0.25) is 0 Å². The van der Waals surface area contributed by atoms with Crippen LogP contribution in [0.15, 0.2) is 59.7 Å². The van der Waals surface area contributed by atoms with Crippen LogP contribution in [0.1, 0.15) is 44.2 Å². The van der Waals surface area contributed by atoms with Crippen molar-refractivity contribution >= 4 is 17.9 Å². The molecule has 0 unspecified atom stereocenters. The van der Waals surface area contributed by atoms with Gasteiger partial charge in [-0.3, -0.25) is 4.79 Å². The molecule has 1 aliphatic rings. The average Bonchev–Trinajstić information content (AvgIpc) is 2.68. The van der Waals surface area contributed by atoms with Crippen LogP contribution in [0.25, 0.3) is 12.2 Å². The van der Waals surface area contributed by atoms with Gasteiger partial charge in [0.25, 0.3) is 0 Å². The van der Waals surface area contributed by atoms with Gasteiger partial charge in [0.15, 0.2) is 5.78 Å². The predicted molar refractivity (Wildman–Crippen MR) is 110 cm³/mol. The number of hydrogen-bond acceptors (Lipinski definition) is 3. The Labute approximate surface area is 161 Å². The van der Waals surface area contributed by atoms with E-state index >= 15 is 0 Å². The summed E-state index contributed by atoms with van der Waals surface area (Å²) >= 11 is 0. The second kappa shape index (κ2) is 9.22. The fourth-order valence-electron chi connectivity index (χ4n) is 3.23. The number of hydrogen-bond donors (Lipinski definition) is 0. The summed E-state index contributed by atoms with van der Waals surface area (Å²) in [4.78, 5) is 12.9. The van der Waals surface area contributed by atoms with Crippen LogP contribution in [0.4, 0.5) is 0 Å². The van der Waals surface area contributed by atoms with E-state index in [1.807, 2.05) is 74.5 Å². The molecule has 0 aliphatic heterocycles. The molecular formula is C24H26O3. The molecule has 0 bridgehead atoms. The maximum Gasteiger partial charge on any atom is 0.185 e. The topological polar surface area (TPSA) is 35.5 Å². The number of benzene rings is 2. The summed E-state index contributed by atoms with van der Waals surface area (Å²) in [5.74, 6) is 1.86. The molecule has 0 radical (unpaired) electrons. The van der Waals surface area contributed by atoms with Crippen molar-refractivity contribution in [1.29, 1.82) is 0 Å². The Bertz CT molecular complexity index is 757. The van der Waals surface area contributed by atoms with Crippen LogP contribution in [-0.2, 0) is 4.79 Å². The molecule has 0 N–H and O–H groups in total. The van der Waals surface area contributed by atoms with Crippen molar-refractivity contribution in [2.24, 2.45) is 0 Å². The van der Waals surface area contributed by atoms with Gasteiger partial charge >= 0.3 is 0 Å². The largest absolute Gasteiger partial charge is 0.494 e. The monoisotopic (exact) mass is 362 g/mol. The Morgan fingerprint density at radius 2 is 1.15 bits per heavy atom. The zero-order chi connectivity index (χ0) is 19.1. The Balaban J connectivity index is 1.76. The van der Waals surface area contributed by atoms with Crippen LogP contribution in [0.3, 0.4) is 0 Å². The highest BCUT2D eigenvalue weighted by Crippen LogP contribution is 2.28. The molecule has 0 amide bonds. The molecule has 0 spiro atoms. The van der Waals surface area contributed by atoms with Crippen molar-refractivity contribution < 1.29 is 14.3 Å². The maximum atomic E-state index is 12.9. The van der Waals surface area contributed by atoms with Gasteiger partial charge in [-0.05, 0) is 80.7 Å². The number of carbonyl (C=O) groups is 1. The number of Topliss-reactive ketones (excluding diaryl/α,β-unsaturated/α-hetero) is 1. The Kier molecular flexibility index (Phi) is 6.48. The quantitative estimate of drug-likeness (QED) is 0.618. The summed E-state index contributed by atoms with van der Waals surface area (Å²) in [6.45, 7) is 5.24. The molecule has 2 aromatic carbocycles. The van der Waals surface area contributed by atoms with Gasteiger partial charge in [-0.25, -0.2) is 0 Å². The summed E-state index contributed by atoms with van der Waals surface area (Å²) in [6.07, 6.45) is 6.66. The molecule has 1 saturated carbocycles. The van der Waals surface area contributed by atoms with Crippen LogP contribution in [0.2, 0.25) is 0 Å². The fourth-order valence-corrected chi connectivity index (χ4v) is 3.23. The standard InChI is InChI=1S/C24H26O3/c1-3-26-22-12-8-18(9-13-22)16-20-6-5-7-21(24(20)25)17-19-10-14-23(15-11-19)27-4-2/h8-17H,3-7H2,1-2H3/b20-16-,21-17-. The van der Waals surface area contributed by atoms with E-state index in [0.29, 0.717) is 13.2 Å². The molecule has 3 nitrogen and oxygen atoms in total. The van der Waals surface area contributed by atoms with Crippen molar-refractivity contribution in [2.75, 3.05) is 13.2 Å². The smallest absolute Gasteiger partial charge is 0.185 e. The molecule has 0 heterocycles. The first-order valence-corrected chi connectivity index (χ1v) is 9.61. The average molecular weight is 362 g/mol. The van der Waals surface area contributed by atoms with Crippen LogP contribution < -0.4 is 9.47 Å². The first-order valence-electron chi connectivity index (χ1n) is 9.61. The molecule has 1 aliphatic carbocycles. The Morgan fingerprint density at radius 1 is 0.741 bits per heavy atom. The highest BCUT2D eigenvalue weighted by molar-refractivity contribution is 6.13. The highest BCUT2D eigenvalue weighted by atomic mass is 16.5. The van der Waals surface area contributed by atoms with Crippen molar-refractivity contribution in [3.63, 3.8) is 0 Å². The Morgan fingerprint density at radius 3 is 1.52 bits per heavy atom. The van der Waals surface area contributed by atoms with Gasteiger partial charge in [0.05, 0.1) is 13.2 Å². The minimum atomic E-state index is 0.156. The van der Waals surface area contributed by atoms with E-state index in [9.17, 15) is 4.79 Å². The van der Waals surface area contributed by atoms with Crippen LogP contribution >= 0.6 is 0 Å². The molecule has 27 heavy (non-hydrogen) atoms. The summed E-state index contributed by atoms with van der Waals surface area (Å²) in [5.41, 5.74) is 3.82. The maximum absolute atomic E-state index is 12.9. The molecule has 3 rings (SSSR count). The van der Waals surface area contributed by atoms with Crippen LogP contribution in [-0.4, -0.2) is 19.0 Å². The normalized spacial score (nSPS) is 17.3. The SMILES string of the molecule is CCOc1ccc(/C=C2/CCC/C(=C/c3ccc(OCC)cc3)C2=O)cc1. The van der Waals surface area contributed by atoms with E-state index in [2.05, 4.69) is 0 Å². The number of ketones is 1. The lowest BCUT2D eigenvalue weighted by atomic mass is 9.87. The molecule has 2 aromatic rings. The molecule has 0 saturated heterocycles. The molecule has 140 valence electrons. The molecular weight excluding hydrogens is 336 g/mol. The first-order chi connectivity index (χ1) is 13.2. The van der Waals surface area contributed by atoms with Crippen LogP contribution in [0, 0.1) is 0 Å². The number of rotatable bonds is 6. The van der Waals surface area contributed by atoms with Crippen molar-refractivity contribution in [3.8, 4) is 11.5 Å². The van der Waals surface area contributed by atoms with E-state index < -0.39 is 0 Å². The molecule has 3 heteroatoms. The number of ether oxygens (including phenoxy) is 2. The minimum Gasteiger partial charge on any atom is -0.494 e. The van der Waals surface area contributed by atoms with E-state index in [1.54, 1.807) is 0 Å². The Hall–Kier alpha value is -2.81. The van der Waals surface area contributed by atoms with Crippen molar-refractivity contribution in [3.05, 3.63) is 70.8 Å². The van der Waals surface area contributed by atoms with E-state index in [1.165, 1.54) is 0 Å². The van der Waals surface area contributed by atoms with Gasteiger partial charge in [-0.15, -0.1) is 0 Å². The van der Waals surface area contributed by atoms with Crippen molar-refractivity contribution in [1.82, 2.24) is 0 Å². The van der Waals surface area contributed by atoms with Gasteiger partial charge in [0.1, 0.15) is 11.5 Å². The van der Waals surface area contributed by atoms with Gasteiger partial charge in [-0.2, -0.15) is 0 Å². The lowest BCUT2D eigenvalue weighted by Crippen LogP contribution is -2.12. The highest BCUT2D eigenvalue weighted by Gasteiger charge is 2.20. The van der Waals surface area contributed by atoms with Crippen LogP contribution in [0.5, 0.6) is 11.5 Å².